The van der Waals surface area contributed by atoms with Crippen molar-refractivity contribution in [3.05, 3.63) is 51.9 Å². The number of anilines is 3. The second-order valence-corrected chi connectivity index (χ2v) is 9.79. The molecule has 4 aromatic heterocycles. The molecule has 0 amide bonds. The smallest absolute Gasteiger partial charge is 0.297 e. The first-order valence-electron chi connectivity index (χ1n) is 10.8. The van der Waals surface area contributed by atoms with Crippen LogP contribution < -0.4 is 69.2 Å². The van der Waals surface area contributed by atoms with Crippen LogP contribution in [0.1, 0.15) is 22.8 Å². The van der Waals surface area contributed by atoms with Crippen LogP contribution in [0.15, 0.2) is 23.5 Å². The SMILES string of the molecule is Cc1nc(N)c(Cn2c(N)nc3ncn(Cc4c[n+](C)c(C)nc4N)c3c2=O)c[n+]1C.O.O.[O-][Cl+3]([O-])([O-])[O-].[O-][Cl+3]([O-])([O-])[O-]. The third-order valence-corrected chi connectivity index (χ3v) is 5.37. The maximum Gasteiger partial charge on any atom is 0.297 e. The molecule has 0 saturated heterocycles. The standard InChI is InChI=1S/C19H23N11O.2ClHO4.2H2O/c1-10-24-15(20)12(5-27(10)3)7-29-9-23-17-14(29)18(31)30(19(22)26-17)8-13-6-28(4)11(2)25-16(13)21;2*2-1(3,4)5;;/h5-6,9,20-21H,7-8H2,1-4H3,(H2,22,26,31);2*(H,2,3,4,5);2*1H2. The summed E-state index contributed by atoms with van der Waals surface area (Å²) in [6.45, 7) is 4.16. The van der Waals surface area contributed by atoms with Gasteiger partial charge in [0.2, 0.25) is 17.6 Å². The van der Waals surface area contributed by atoms with Gasteiger partial charge in [-0.1, -0.05) is 0 Å². The summed E-state index contributed by atoms with van der Waals surface area (Å²) in [5.41, 5.74) is 19.9. The van der Waals surface area contributed by atoms with E-state index < -0.39 is 20.5 Å². The van der Waals surface area contributed by atoms with E-state index in [1.54, 1.807) is 10.9 Å². The number of nitrogen functional groups attached to an aromatic ring is 3. The Bertz CT molecular complexity index is 1580. The summed E-state index contributed by atoms with van der Waals surface area (Å²) >= 11 is 0. The van der Waals surface area contributed by atoms with Crippen molar-refractivity contribution in [2.24, 2.45) is 14.1 Å². The van der Waals surface area contributed by atoms with Crippen LogP contribution in [0.5, 0.6) is 0 Å². The largest absolute Gasteiger partial charge is 0.412 e. The van der Waals surface area contributed by atoms with Crippen LogP contribution in [-0.2, 0) is 27.2 Å². The van der Waals surface area contributed by atoms with Crippen LogP contribution in [-0.4, -0.2) is 40.0 Å². The highest BCUT2D eigenvalue weighted by atomic mass is 35.7. The Hall–Kier alpha value is -3.91. The van der Waals surface area contributed by atoms with Crippen molar-refractivity contribution in [1.82, 2.24) is 29.1 Å². The average Bonchev–Trinajstić information content (AvgIpc) is 3.18. The molecule has 24 heteroatoms. The van der Waals surface area contributed by atoms with Crippen molar-refractivity contribution < 1.29 is 77.8 Å². The lowest BCUT2D eigenvalue weighted by Crippen LogP contribution is -2.68. The molecule has 43 heavy (non-hydrogen) atoms. The summed E-state index contributed by atoms with van der Waals surface area (Å²) in [6.07, 6.45) is 5.25. The van der Waals surface area contributed by atoms with E-state index in [1.165, 1.54) is 4.57 Å². The minimum Gasteiger partial charge on any atom is -0.412 e. The lowest BCUT2D eigenvalue weighted by atomic mass is 10.3. The topological polar surface area (TPSA) is 412 Å². The second-order valence-electron chi connectivity index (χ2n) is 8.28. The van der Waals surface area contributed by atoms with Gasteiger partial charge >= 0.3 is 0 Å². The van der Waals surface area contributed by atoms with Gasteiger partial charge in [0.15, 0.2) is 11.2 Å². The molecule has 10 N–H and O–H groups in total. The Labute approximate surface area is 245 Å². The molecule has 22 nitrogen and oxygen atoms in total. The van der Waals surface area contributed by atoms with Crippen molar-refractivity contribution in [2.75, 3.05) is 17.2 Å². The number of rotatable bonds is 4. The number of nitrogens with two attached hydrogens (primary N) is 3. The number of aryl methyl sites for hydroxylation is 4. The first-order chi connectivity index (χ1) is 18.7. The van der Waals surface area contributed by atoms with E-state index in [-0.39, 0.29) is 34.7 Å². The van der Waals surface area contributed by atoms with E-state index in [1.807, 2.05) is 49.5 Å². The van der Waals surface area contributed by atoms with E-state index in [9.17, 15) is 4.79 Å². The van der Waals surface area contributed by atoms with Gasteiger partial charge in [-0.3, -0.25) is 9.36 Å². The highest BCUT2D eigenvalue weighted by molar-refractivity contribution is 5.71. The van der Waals surface area contributed by atoms with Gasteiger partial charge in [-0.25, -0.2) is 51.4 Å². The molecular formula is C19H29Cl2N11O11. The first kappa shape index (κ1) is 39.1. The summed E-state index contributed by atoms with van der Waals surface area (Å²) in [4.78, 5) is 30.5. The first-order valence-corrected chi connectivity index (χ1v) is 13.3. The number of imidazole rings is 1. The molecule has 0 spiro atoms. The van der Waals surface area contributed by atoms with Gasteiger partial charge in [-0.15, -0.1) is 20.5 Å². The molecule has 0 aliphatic carbocycles. The Morgan fingerprint density at radius 2 is 1.16 bits per heavy atom. The second kappa shape index (κ2) is 15.0. The number of hydrogen-bond acceptors (Lipinski definition) is 16. The molecule has 0 saturated carbocycles. The Kier molecular flexibility index (Phi) is 13.6. The van der Waals surface area contributed by atoms with Crippen LogP contribution in [0.4, 0.5) is 17.6 Å². The molecule has 0 radical (unpaired) electrons. The number of fused-ring (bicyclic) bond motifs is 1. The molecular weight excluding hydrogens is 629 g/mol. The van der Waals surface area contributed by atoms with Crippen LogP contribution in [0.3, 0.4) is 0 Å². The molecule has 0 aromatic carbocycles. The lowest BCUT2D eigenvalue weighted by molar-refractivity contribution is -2.00. The van der Waals surface area contributed by atoms with Gasteiger partial charge in [-0.2, -0.15) is 4.98 Å². The molecule has 0 unspecified atom stereocenters. The molecule has 4 heterocycles. The van der Waals surface area contributed by atoms with Gasteiger partial charge in [0, 0.05) is 13.8 Å². The van der Waals surface area contributed by atoms with Crippen molar-refractivity contribution in [1.29, 1.82) is 0 Å². The average molecular weight is 658 g/mol. The highest BCUT2D eigenvalue weighted by Crippen LogP contribution is 2.15. The van der Waals surface area contributed by atoms with Crippen LogP contribution >= 0.6 is 0 Å². The molecule has 0 fully saturated rings. The number of hydrogen-bond donors (Lipinski definition) is 3. The minimum atomic E-state index is -4.94. The zero-order valence-electron chi connectivity index (χ0n) is 22.9. The summed E-state index contributed by atoms with van der Waals surface area (Å²) in [5.74, 6) is 2.32. The summed E-state index contributed by atoms with van der Waals surface area (Å²) in [5, 5.41) is 0. The zero-order valence-corrected chi connectivity index (χ0v) is 24.4. The van der Waals surface area contributed by atoms with Crippen LogP contribution in [0.2, 0.25) is 0 Å². The normalized spacial score (nSPS) is 11.0. The van der Waals surface area contributed by atoms with Gasteiger partial charge in [0.05, 0.1) is 44.6 Å². The predicted molar refractivity (Wildman–Crippen MR) is 121 cm³/mol. The summed E-state index contributed by atoms with van der Waals surface area (Å²) in [7, 11) is -6.15. The Balaban J connectivity index is 0.00000128. The van der Waals surface area contributed by atoms with Gasteiger partial charge in [0.25, 0.3) is 17.2 Å². The van der Waals surface area contributed by atoms with E-state index >= 15 is 0 Å². The third-order valence-electron chi connectivity index (χ3n) is 5.37. The molecule has 0 aliphatic rings. The zero-order chi connectivity index (χ0) is 31.4. The number of halogens is 2. The molecule has 0 atom stereocenters. The summed E-state index contributed by atoms with van der Waals surface area (Å²) in [6, 6.07) is 0. The van der Waals surface area contributed by atoms with Gasteiger partial charge in [-0.05, 0) is 9.97 Å². The lowest BCUT2D eigenvalue weighted by Gasteiger charge is -2.17. The highest BCUT2D eigenvalue weighted by Gasteiger charge is 2.20. The maximum absolute atomic E-state index is 13.4. The van der Waals surface area contributed by atoms with E-state index in [4.69, 9.17) is 54.5 Å². The van der Waals surface area contributed by atoms with Crippen LogP contribution in [0, 0.1) is 34.3 Å². The Morgan fingerprint density at radius 3 is 1.58 bits per heavy atom. The molecule has 0 aliphatic heterocycles. The van der Waals surface area contributed by atoms with Crippen molar-refractivity contribution in [3.63, 3.8) is 0 Å². The molecule has 4 rings (SSSR count). The molecule has 4 aromatic rings. The van der Waals surface area contributed by atoms with Crippen molar-refractivity contribution >= 4 is 28.7 Å². The van der Waals surface area contributed by atoms with E-state index in [2.05, 4.69) is 19.9 Å². The summed E-state index contributed by atoms with van der Waals surface area (Å²) < 4.78 is 74.7. The molecule has 240 valence electrons. The van der Waals surface area contributed by atoms with Crippen molar-refractivity contribution in [3.8, 4) is 0 Å². The minimum absolute atomic E-state index is 0. The quantitative estimate of drug-likeness (QED) is 0.171. The van der Waals surface area contributed by atoms with Gasteiger partial charge in [0.1, 0.15) is 12.4 Å². The number of aromatic nitrogens is 8. The monoisotopic (exact) mass is 657 g/mol. The fourth-order valence-corrected chi connectivity index (χ4v) is 3.38. The van der Waals surface area contributed by atoms with Crippen molar-refractivity contribution in [2.45, 2.75) is 26.9 Å². The maximum atomic E-state index is 13.4. The van der Waals surface area contributed by atoms with Gasteiger partial charge < -0.3 is 32.7 Å². The fraction of sp³-hybridized carbons (Fsp3) is 0.316. The van der Waals surface area contributed by atoms with Crippen LogP contribution in [0.25, 0.3) is 11.2 Å². The third kappa shape index (κ3) is 11.7. The number of nitrogens with zero attached hydrogens (tertiary/aromatic N) is 8. The fourth-order valence-electron chi connectivity index (χ4n) is 3.38. The predicted octanol–water partition coefficient (Wildman–Crippen LogP) is -12.7. The van der Waals surface area contributed by atoms with E-state index in [0.29, 0.717) is 29.3 Å². The molecule has 0 bridgehead atoms. The van der Waals surface area contributed by atoms with E-state index in [0.717, 1.165) is 17.2 Å². The Morgan fingerprint density at radius 1 is 0.767 bits per heavy atom.